The van der Waals surface area contributed by atoms with Gasteiger partial charge in [-0.05, 0) is 48.2 Å². The molecule has 0 bridgehead atoms. The maximum absolute atomic E-state index is 10.3. The fraction of sp³-hybridized carbons (Fsp3) is 0.429. The van der Waals surface area contributed by atoms with E-state index in [9.17, 15) is 20.4 Å². The molecule has 5 atom stereocenters. The van der Waals surface area contributed by atoms with Gasteiger partial charge in [-0.1, -0.05) is 35.9 Å². The number of hydrogen-bond acceptors (Lipinski definition) is 6. The molecule has 4 N–H and O–H groups in total. The predicted molar refractivity (Wildman–Crippen MR) is 105 cm³/mol. The van der Waals surface area contributed by atoms with Crippen LogP contribution in [0.25, 0.3) is 0 Å². The minimum absolute atomic E-state index is 0.464. The molecule has 2 aromatic carbocycles. The van der Waals surface area contributed by atoms with Crippen LogP contribution in [0.4, 0.5) is 0 Å². The predicted octanol–water partition coefficient (Wildman–Crippen LogP) is 1.84. The van der Waals surface area contributed by atoms with E-state index < -0.39 is 37.1 Å². The second-order valence-corrected chi connectivity index (χ2v) is 7.26. The lowest BCUT2D eigenvalue weighted by Crippen LogP contribution is -2.55. The highest BCUT2D eigenvalue weighted by Gasteiger charge is 2.43. The van der Waals surface area contributed by atoms with Crippen molar-refractivity contribution < 1.29 is 29.9 Å². The van der Waals surface area contributed by atoms with Gasteiger partial charge in [-0.25, -0.2) is 0 Å². The van der Waals surface area contributed by atoms with Crippen LogP contribution in [0, 0.1) is 0 Å². The van der Waals surface area contributed by atoms with E-state index in [1.54, 1.807) is 12.1 Å². The average Bonchev–Trinajstić information content (AvgIpc) is 2.70. The first-order chi connectivity index (χ1) is 13.4. The monoisotopic (exact) mass is 408 g/mol. The molecule has 1 aliphatic rings. The summed E-state index contributed by atoms with van der Waals surface area (Å²) in [6.45, 7) is 2.07. The third-order valence-electron chi connectivity index (χ3n) is 4.92. The summed E-state index contributed by atoms with van der Waals surface area (Å²) in [5.74, 6) is 0.799. The van der Waals surface area contributed by atoms with E-state index in [4.69, 9.17) is 21.1 Å². The molecular formula is C21H25ClO6. The van der Waals surface area contributed by atoms with Gasteiger partial charge in [-0.3, -0.25) is 0 Å². The quantitative estimate of drug-likeness (QED) is 0.582. The first-order valence-corrected chi connectivity index (χ1v) is 9.63. The van der Waals surface area contributed by atoms with Crippen molar-refractivity contribution in [1.29, 1.82) is 0 Å². The van der Waals surface area contributed by atoms with E-state index in [2.05, 4.69) is 0 Å². The molecule has 1 fully saturated rings. The van der Waals surface area contributed by atoms with Crippen LogP contribution >= 0.6 is 11.6 Å². The van der Waals surface area contributed by atoms with E-state index in [0.717, 1.165) is 16.9 Å². The molecule has 1 saturated heterocycles. The largest absolute Gasteiger partial charge is 0.494 e. The van der Waals surface area contributed by atoms with Gasteiger partial charge in [-0.2, -0.15) is 0 Å². The smallest absolute Gasteiger partial charge is 0.119 e. The molecule has 28 heavy (non-hydrogen) atoms. The summed E-state index contributed by atoms with van der Waals surface area (Å²) in [5.41, 5.74) is 2.49. The normalized spacial score (nSPS) is 27.6. The van der Waals surface area contributed by atoms with Crippen molar-refractivity contribution in [2.24, 2.45) is 0 Å². The topological polar surface area (TPSA) is 99.4 Å². The molecule has 7 heteroatoms. The minimum Gasteiger partial charge on any atom is -0.494 e. The first kappa shape index (κ1) is 21.0. The van der Waals surface area contributed by atoms with Crippen molar-refractivity contribution in [3.05, 3.63) is 64.2 Å². The Bertz CT molecular complexity index is 779. The Morgan fingerprint density at radius 3 is 2.36 bits per heavy atom. The lowest BCUT2D eigenvalue weighted by molar-refractivity contribution is -0.231. The minimum atomic E-state index is -1.42. The first-order valence-electron chi connectivity index (χ1n) is 9.25. The van der Waals surface area contributed by atoms with Crippen LogP contribution < -0.4 is 4.74 Å². The Labute approximate surface area is 168 Å². The molecule has 6 nitrogen and oxygen atoms in total. The molecule has 0 spiro atoms. The molecule has 0 amide bonds. The van der Waals surface area contributed by atoms with Crippen LogP contribution in [0.1, 0.15) is 29.7 Å². The highest BCUT2D eigenvalue weighted by Crippen LogP contribution is 2.34. The number of halogens is 1. The van der Waals surface area contributed by atoms with Crippen LogP contribution in [-0.4, -0.2) is 58.1 Å². The second kappa shape index (κ2) is 9.22. The summed E-state index contributed by atoms with van der Waals surface area (Å²) >= 11 is 6.35. The molecule has 0 saturated carbocycles. The van der Waals surface area contributed by atoms with Gasteiger partial charge >= 0.3 is 0 Å². The maximum Gasteiger partial charge on any atom is 0.119 e. The summed E-state index contributed by atoms with van der Waals surface area (Å²) in [4.78, 5) is 0. The molecule has 0 radical (unpaired) electrons. The van der Waals surface area contributed by atoms with Crippen molar-refractivity contribution in [1.82, 2.24) is 0 Å². The maximum atomic E-state index is 10.3. The Balaban J connectivity index is 1.82. The van der Waals surface area contributed by atoms with Gasteiger partial charge in [0.2, 0.25) is 0 Å². The summed E-state index contributed by atoms with van der Waals surface area (Å²) < 4.78 is 11.1. The van der Waals surface area contributed by atoms with Gasteiger partial charge in [-0.15, -0.1) is 0 Å². The lowest BCUT2D eigenvalue weighted by Gasteiger charge is -2.40. The second-order valence-electron chi connectivity index (χ2n) is 6.85. The van der Waals surface area contributed by atoms with Crippen LogP contribution in [0.2, 0.25) is 5.02 Å². The number of rotatable bonds is 6. The van der Waals surface area contributed by atoms with Crippen LogP contribution in [0.3, 0.4) is 0 Å². The summed E-state index contributed by atoms with van der Waals surface area (Å²) in [7, 11) is 0. The number of aliphatic hydroxyl groups excluding tert-OH is 4. The lowest BCUT2D eigenvalue weighted by atomic mass is 9.90. The van der Waals surface area contributed by atoms with Gasteiger partial charge in [0.25, 0.3) is 0 Å². The van der Waals surface area contributed by atoms with Crippen molar-refractivity contribution in [3.8, 4) is 5.75 Å². The Hall–Kier alpha value is -1.67. The van der Waals surface area contributed by atoms with Gasteiger partial charge in [0.1, 0.15) is 36.3 Å². The third kappa shape index (κ3) is 4.49. The summed E-state index contributed by atoms with van der Waals surface area (Å²) in [6.07, 6.45) is -5.39. The molecule has 152 valence electrons. The molecular weight excluding hydrogens is 384 g/mol. The number of aliphatic hydroxyl groups is 4. The van der Waals surface area contributed by atoms with Gasteiger partial charge in [0.05, 0.1) is 13.2 Å². The summed E-state index contributed by atoms with van der Waals surface area (Å²) in [5, 5.41) is 40.3. The van der Waals surface area contributed by atoms with Crippen LogP contribution in [-0.2, 0) is 11.2 Å². The van der Waals surface area contributed by atoms with Crippen molar-refractivity contribution in [2.75, 3.05) is 13.2 Å². The molecule has 1 heterocycles. The van der Waals surface area contributed by atoms with E-state index in [-0.39, 0.29) is 0 Å². The number of benzene rings is 2. The zero-order valence-corrected chi connectivity index (χ0v) is 16.3. The average molecular weight is 409 g/mol. The Morgan fingerprint density at radius 1 is 1.00 bits per heavy atom. The SMILES string of the molecule is CCOc1ccc(Cc2cc(C3O[C@H](CO)[C@@H](O)[C@H](O)C3O)ccc2Cl)cc1. The Kier molecular flexibility index (Phi) is 6.93. The van der Waals surface area contributed by atoms with Crippen LogP contribution in [0.5, 0.6) is 5.75 Å². The van der Waals surface area contributed by atoms with Gasteiger partial charge in [0.15, 0.2) is 0 Å². The molecule has 1 aliphatic heterocycles. The van der Waals surface area contributed by atoms with Crippen molar-refractivity contribution in [3.63, 3.8) is 0 Å². The highest BCUT2D eigenvalue weighted by atomic mass is 35.5. The fourth-order valence-electron chi connectivity index (χ4n) is 3.37. The van der Waals surface area contributed by atoms with Crippen LogP contribution in [0.15, 0.2) is 42.5 Å². The molecule has 3 rings (SSSR count). The van der Waals surface area contributed by atoms with Crippen molar-refractivity contribution >= 4 is 11.6 Å². The van der Waals surface area contributed by atoms with E-state index >= 15 is 0 Å². The van der Waals surface area contributed by atoms with Gasteiger partial charge in [0, 0.05) is 5.02 Å². The zero-order valence-electron chi connectivity index (χ0n) is 15.5. The van der Waals surface area contributed by atoms with Crippen molar-refractivity contribution in [2.45, 2.75) is 43.9 Å². The number of ether oxygens (including phenoxy) is 2. The number of hydrogen-bond donors (Lipinski definition) is 4. The fourth-order valence-corrected chi connectivity index (χ4v) is 3.56. The van der Waals surface area contributed by atoms with E-state index in [0.29, 0.717) is 23.6 Å². The standard InChI is InChI=1S/C21H25ClO6/c1-2-27-15-6-3-12(4-7-15)9-14-10-13(5-8-16(14)22)21-20(26)19(25)18(24)17(11-23)28-21/h3-8,10,17-21,23-26H,2,9,11H2,1H3/t17-,18-,19+,20?,21?/m1/s1. The van der Waals surface area contributed by atoms with E-state index in [1.165, 1.54) is 0 Å². The third-order valence-corrected chi connectivity index (χ3v) is 5.29. The highest BCUT2D eigenvalue weighted by molar-refractivity contribution is 6.31. The van der Waals surface area contributed by atoms with E-state index in [1.807, 2.05) is 37.3 Å². The molecule has 2 unspecified atom stereocenters. The summed E-state index contributed by atoms with van der Waals surface area (Å²) in [6, 6.07) is 12.9. The molecule has 2 aromatic rings. The Morgan fingerprint density at radius 2 is 1.71 bits per heavy atom. The molecule has 0 aromatic heterocycles. The molecule has 0 aliphatic carbocycles. The van der Waals surface area contributed by atoms with Gasteiger partial charge < -0.3 is 29.9 Å². The zero-order chi connectivity index (χ0) is 20.3.